The van der Waals surface area contributed by atoms with Gasteiger partial charge in [-0.3, -0.25) is 4.79 Å². The molecule has 0 bridgehead atoms. The first-order valence-corrected chi connectivity index (χ1v) is 9.06. The van der Waals surface area contributed by atoms with E-state index in [1.54, 1.807) is 4.90 Å². The van der Waals surface area contributed by atoms with Crippen molar-refractivity contribution in [2.24, 2.45) is 0 Å². The summed E-state index contributed by atoms with van der Waals surface area (Å²) in [6, 6.07) is 2.74. The topological polar surface area (TPSA) is 89.9 Å². The summed E-state index contributed by atoms with van der Waals surface area (Å²) in [5.74, 6) is -0.0132. The third-order valence-corrected chi connectivity index (χ3v) is 5.18. The highest BCUT2D eigenvalue weighted by atomic mass is 19.2. The normalized spacial score (nSPS) is 19.0. The minimum atomic E-state index is -1.05. The summed E-state index contributed by atoms with van der Waals surface area (Å²) < 4.78 is 33.8. The lowest BCUT2D eigenvalue weighted by atomic mass is 10.1. The van der Waals surface area contributed by atoms with Crippen LogP contribution in [0.5, 0.6) is 0 Å². The first kappa shape index (κ1) is 17.0. The summed E-state index contributed by atoms with van der Waals surface area (Å²) in [6.45, 7) is 2.61. The molecule has 0 N–H and O–H groups in total. The van der Waals surface area contributed by atoms with Crippen LogP contribution in [0.4, 0.5) is 8.78 Å². The predicted octanol–water partition coefficient (Wildman–Crippen LogP) is 2.70. The summed E-state index contributed by atoms with van der Waals surface area (Å²) >= 11 is 0. The number of hydrogen-bond donors (Lipinski definition) is 0. The van der Waals surface area contributed by atoms with Crippen molar-refractivity contribution in [3.8, 4) is 11.6 Å². The molecular weight excluding hydrogens is 370 g/mol. The second-order valence-electron chi connectivity index (χ2n) is 7.07. The minimum absolute atomic E-state index is 0.0891. The van der Waals surface area contributed by atoms with Crippen LogP contribution in [0.2, 0.25) is 0 Å². The van der Waals surface area contributed by atoms with Crippen LogP contribution in [0.1, 0.15) is 53.8 Å². The third-order valence-electron chi connectivity index (χ3n) is 5.18. The Morgan fingerprint density at radius 2 is 2.00 bits per heavy atom. The van der Waals surface area contributed by atoms with Crippen LogP contribution in [-0.2, 0) is 6.54 Å². The molecule has 28 heavy (non-hydrogen) atoms. The molecule has 1 saturated carbocycles. The van der Waals surface area contributed by atoms with E-state index in [9.17, 15) is 13.6 Å². The van der Waals surface area contributed by atoms with Gasteiger partial charge < -0.3 is 14.0 Å². The van der Waals surface area contributed by atoms with Crippen molar-refractivity contribution in [1.82, 2.24) is 29.8 Å². The largest absolute Gasteiger partial charge is 0.339 e. The van der Waals surface area contributed by atoms with Crippen molar-refractivity contribution in [2.75, 3.05) is 6.54 Å². The molecule has 3 heterocycles. The van der Waals surface area contributed by atoms with E-state index in [1.807, 2.05) is 11.5 Å². The van der Waals surface area contributed by atoms with Gasteiger partial charge in [-0.25, -0.2) is 8.78 Å². The van der Waals surface area contributed by atoms with Gasteiger partial charge in [-0.15, -0.1) is 10.2 Å². The van der Waals surface area contributed by atoms with Crippen molar-refractivity contribution in [3.05, 3.63) is 47.1 Å². The summed E-state index contributed by atoms with van der Waals surface area (Å²) in [5, 5.41) is 12.4. The number of rotatable bonds is 3. The van der Waals surface area contributed by atoms with Gasteiger partial charge in [0.2, 0.25) is 17.5 Å². The van der Waals surface area contributed by atoms with E-state index in [2.05, 4.69) is 20.3 Å². The molecule has 144 valence electrons. The molecule has 2 aromatic heterocycles. The highest BCUT2D eigenvalue weighted by Crippen LogP contribution is 2.39. The molecule has 1 fully saturated rings. The number of aromatic nitrogens is 5. The molecule has 0 saturated heterocycles. The Bertz CT molecular complexity index is 1070. The molecule has 0 spiro atoms. The van der Waals surface area contributed by atoms with Crippen LogP contribution in [-0.4, -0.2) is 42.3 Å². The summed E-state index contributed by atoms with van der Waals surface area (Å²) in [7, 11) is 0. The molecular formula is C18H16F2N6O2. The van der Waals surface area contributed by atoms with Crippen LogP contribution in [0.15, 0.2) is 22.7 Å². The third kappa shape index (κ3) is 2.67. The number of hydrogen-bond acceptors (Lipinski definition) is 6. The number of benzene rings is 1. The molecule has 1 aliphatic heterocycles. The molecule has 5 rings (SSSR count). The van der Waals surface area contributed by atoms with Crippen molar-refractivity contribution in [2.45, 2.75) is 38.3 Å². The van der Waals surface area contributed by atoms with Crippen LogP contribution in [0.3, 0.4) is 0 Å². The standard InChI is InChI=1S/C18H16F2N6O2/c1-9-15-22-23-16(14-21-17(28-24-14)10-2-3-10)26(15)7-6-25(9)18(27)11-4-5-12(19)13(20)8-11/h4-5,8-10H,2-3,6-7H2,1H3/t9-/m1/s1. The minimum Gasteiger partial charge on any atom is -0.339 e. The van der Waals surface area contributed by atoms with Crippen molar-refractivity contribution < 1.29 is 18.1 Å². The van der Waals surface area contributed by atoms with Crippen LogP contribution < -0.4 is 0 Å². The first-order chi connectivity index (χ1) is 13.5. The van der Waals surface area contributed by atoms with E-state index in [0.717, 1.165) is 25.0 Å². The molecule has 1 aromatic carbocycles. The summed E-state index contributed by atoms with van der Waals surface area (Å²) in [5.41, 5.74) is 0.0891. The van der Waals surface area contributed by atoms with Crippen LogP contribution >= 0.6 is 0 Å². The van der Waals surface area contributed by atoms with E-state index in [-0.39, 0.29) is 5.56 Å². The van der Waals surface area contributed by atoms with Gasteiger partial charge in [0.05, 0.1) is 6.04 Å². The van der Waals surface area contributed by atoms with Crippen LogP contribution in [0.25, 0.3) is 11.6 Å². The Morgan fingerprint density at radius 1 is 1.18 bits per heavy atom. The smallest absolute Gasteiger partial charge is 0.254 e. The monoisotopic (exact) mass is 386 g/mol. The SMILES string of the molecule is C[C@@H]1c2nnc(-c3noc(C4CC4)n3)n2CCN1C(=O)c1ccc(F)c(F)c1. The number of amides is 1. The second kappa shape index (κ2) is 6.18. The molecule has 1 amide bonds. The second-order valence-corrected chi connectivity index (χ2v) is 7.07. The Hall–Kier alpha value is -3.17. The molecule has 0 unspecified atom stereocenters. The van der Waals surface area contributed by atoms with Gasteiger partial charge in [-0.1, -0.05) is 5.16 Å². The molecule has 10 heteroatoms. The number of halogens is 2. The average Bonchev–Trinajstić information content (AvgIpc) is 3.25. The molecule has 3 aromatic rings. The summed E-state index contributed by atoms with van der Waals surface area (Å²) in [6.07, 6.45) is 2.11. The Balaban J connectivity index is 1.42. The van der Waals surface area contributed by atoms with Gasteiger partial charge in [0.1, 0.15) is 0 Å². The molecule has 1 aliphatic carbocycles. The zero-order valence-electron chi connectivity index (χ0n) is 15.0. The van der Waals surface area contributed by atoms with Gasteiger partial charge in [0.25, 0.3) is 5.91 Å². The molecule has 1 atom stereocenters. The zero-order valence-corrected chi connectivity index (χ0v) is 15.0. The molecule has 8 nitrogen and oxygen atoms in total. The molecule has 0 radical (unpaired) electrons. The Morgan fingerprint density at radius 3 is 2.75 bits per heavy atom. The van der Waals surface area contributed by atoms with Gasteiger partial charge >= 0.3 is 0 Å². The molecule has 2 aliphatic rings. The lowest BCUT2D eigenvalue weighted by Gasteiger charge is -2.33. The number of carbonyl (C=O) groups excluding carboxylic acids is 1. The van der Waals surface area contributed by atoms with Gasteiger partial charge in [0, 0.05) is 24.6 Å². The lowest BCUT2D eigenvalue weighted by Crippen LogP contribution is -2.41. The van der Waals surface area contributed by atoms with Crippen molar-refractivity contribution in [3.63, 3.8) is 0 Å². The van der Waals surface area contributed by atoms with E-state index in [0.29, 0.717) is 42.4 Å². The fraction of sp³-hybridized carbons (Fsp3) is 0.389. The zero-order chi connectivity index (χ0) is 19.4. The van der Waals surface area contributed by atoms with E-state index in [1.165, 1.54) is 6.07 Å². The first-order valence-electron chi connectivity index (χ1n) is 9.06. The highest BCUT2D eigenvalue weighted by Gasteiger charge is 2.34. The quantitative estimate of drug-likeness (QED) is 0.688. The predicted molar refractivity (Wildman–Crippen MR) is 91.1 cm³/mol. The number of carbonyl (C=O) groups is 1. The maximum Gasteiger partial charge on any atom is 0.254 e. The fourth-order valence-corrected chi connectivity index (χ4v) is 3.45. The Labute approximate surface area is 158 Å². The highest BCUT2D eigenvalue weighted by molar-refractivity contribution is 5.94. The van der Waals surface area contributed by atoms with Crippen LogP contribution in [0, 0.1) is 11.6 Å². The maximum atomic E-state index is 13.5. The number of fused-ring (bicyclic) bond motifs is 1. The van der Waals surface area contributed by atoms with E-state index >= 15 is 0 Å². The Kier molecular flexibility index (Phi) is 3.74. The lowest BCUT2D eigenvalue weighted by molar-refractivity contribution is 0.0637. The maximum absolute atomic E-state index is 13.5. The van der Waals surface area contributed by atoms with Gasteiger partial charge in [-0.2, -0.15) is 4.98 Å². The summed E-state index contributed by atoms with van der Waals surface area (Å²) in [4.78, 5) is 18.8. The van der Waals surface area contributed by atoms with Gasteiger partial charge in [-0.05, 0) is 38.0 Å². The van der Waals surface area contributed by atoms with E-state index < -0.39 is 23.6 Å². The average molecular weight is 386 g/mol. The van der Waals surface area contributed by atoms with E-state index in [4.69, 9.17) is 4.52 Å². The fourth-order valence-electron chi connectivity index (χ4n) is 3.45. The van der Waals surface area contributed by atoms with Gasteiger partial charge in [0.15, 0.2) is 17.5 Å². The number of nitrogens with zero attached hydrogens (tertiary/aromatic N) is 6. The van der Waals surface area contributed by atoms with Crippen molar-refractivity contribution >= 4 is 5.91 Å². The van der Waals surface area contributed by atoms with Crippen molar-refractivity contribution in [1.29, 1.82) is 0 Å².